The van der Waals surface area contributed by atoms with E-state index in [1.54, 1.807) is 0 Å². The van der Waals surface area contributed by atoms with Gasteiger partial charge in [0, 0.05) is 12.2 Å². The number of fused-ring (bicyclic) bond motifs is 1. The van der Waals surface area contributed by atoms with Crippen LogP contribution in [0.1, 0.15) is 12.8 Å². The number of nitrogens with one attached hydrogen (secondary N) is 4. The molecule has 0 spiro atoms. The number of imidazole rings is 1. The molecule has 2 rings (SSSR count). The van der Waals surface area contributed by atoms with Crippen molar-refractivity contribution < 1.29 is 29.4 Å². The zero-order valence-electron chi connectivity index (χ0n) is 15.5. The number of rotatable bonds is 11. The maximum Gasteiger partial charge on any atom is 0.326 e. The van der Waals surface area contributed by atoms with E-state index in [0.717, 1.165) is 0 Å². The number of hydrogen-bond donors (Lipinski definition) is 8. The second-order valence-electron chi connectivity index (χ2n) is 6.02. The van der Waals surface area contributed by atoms with E-state index in [0.29, 0.717) is 5.52 Å². The number of aromatic amines is 1. The Bertz CT molecular complexity index is 950. The van der Waals surface area contributed by atoms with Crippen molar-refractivity contribution in [1.29, 1.82) is 0 Å². The first kappa shape index (κ1) is 22.7. The lowest BCUT2D eigenvalue weighted by Crippen LogP contribution is -2.49. The summed E-state index contributed by atoms with van der Waals surface area (Å²) in [6.45, 7) is -0.604. The van der Waals surface area contributed by atoms with Crippen molar-refractivity contribution in [2.24, 2.45) is 0 Å². The lowest BCUT2D eigenvalue weighted by Gasteiger charge is -2.17. The van der Waals surface area contributed by atoms with E-state index in [1.807, 2.05) is 0 Å². The van der Waals surface area contributed by atoms with Crippen LogP contribution in [0.2, 0.25) is 0 Å². The molecule has 0 saturated heterocycles. The van der Waals surface area contributed by atoms with E-state index in [1.165, 1.54) is 6.33 Å². The van der Waals surface area contributed by atoms with Crippen LogP contribution in [-0.4, -0.2) is 78.3 Å². The van der Waals surface area contributed by atoms with Crippen molar-refractivity contribution in [3.8, 4) is 0 Å². The average Bonchev–Trinajstić information content (AvgIpc) is 3.16. The molecular formula is C15H20N8O6S. The van der Waals surface area contributed by atoms with E-state index in [9.17, 15) is 24.3 Å². The number of carboxylic acid groups (broad SMARTS) is 2. The highest BCUT2D eigenvalue weighted by atomic mass is 32.1. The van der Waals surface area contributed by atoms with Crippen LogP contribution in [0.25, 0.3) is 11.2 Å². The van der Waals surface area contributed by atoms with E-state index >= 15 is 0 Å². The molecule has 15 heteroatoms. The molecular weight excluding hydrogens is 420 g/mol. The smallest absolute Gasteiger partial charge is 0.326 e. The largest absolute Gasteiger partial charge is 0.480 e. The molecule has 0 aliphatic heterocycles. The summed E-state index contributed by atoms with van der Waals surface area (Å²) in [6, 6.07) is -2.29. The molecule has 0 aliphatic rings. The van der Waals surface area contributed by atoms with Gasteiger partial charge in [0.05, 0.1) is 6.33 Å². The molecule has 0 radical (unpaired) electrons. The van der Waals surface area contributed by atoms with Crippen molar-refractivity contribution in [2.45, 2.75) is 24.9 Å². The zero-order valence-corrected chi connectivity index (χ0v) is 16.3. The molecule has 0 bridgehead atoms. The fourth-order valence-electron chi connectivity index (χ4n) is 2.36. The van der Waals surface area contributed by atoms with Crippen LogP contribution in [0, 0.1) is 0 Å². The van der Waals surface area contributed by atoms with E-state index in [4.69, 9.17) is 10.8 Å². The Hall–Kier alpha value is -3.62. The van der Waals surface area contributed by atoms with Gasteiger partial charge in [-0.25, -0.2) is 9.78 Å². The van der Waals surface area contributed by atoms with Gasteiger partial charge in [-0.2, -0.15) is 22.6 Å². The number of nitrogen functional groups attached to an aromatic ring is 1. The van der Waals surface area contributed by atoms with Gasteiger partial charge in [-0.15, -0.1) is 0 Å². The maximum absolute atomic E-state index is 12.1. The summed E-state index contributed by atoms with van der Waals surface area (Å²) in [5.41, 5.74) is 6.42. The molecule has 2 heterocycles. The average molecular weight is 440 g/mol. The Balaban J connectivity index is 1.94. The minimum absolute atomic E-state index is 0.0683. The Labute approximate surface area is 174 Å². The number of nitrogens with zero attached hydrogens (tertiary/aromatic N) is 3. The highest BCUT2D eigenvalue weighted by molar-refractivity contribution is 7.80. The van der Waals surface area contributed by atoms with Crippen LogP contribution >= 0.6 is 12.6 Å². The molecule has 2 atom stereocenters. The summed E-state index contributed by atoms with van der Waals surface area (Å²) in [5.74, 6) is -3.89. The number of hydrogen-bond acceptors (Lipinski definition) is 10. The van der Waals surface area contributed by atoms with E-state index < -0.39 is 42.4 Å². The van der Waals surface area contributed by atoms with Crippen LogP contribution in [0.4, 0.5) is 11.8 Å². The Kier molecular flexibility index (Phi) is 7.74. The lowest BCUT2D eigenvalue weighted by atomic mass is 10.1. The van der Waals surface area contributed by atoms with Crippen LogP contribution in [-0.2, 0) is 19.2 Å². The maximum atomic E-state index is 12.1. The van der Waals surface area contributed by atoms with Crippen molar-refractivity contribution in [3.63, 3.8) is 0 Å². The van der Waals surface area contributed by atoms with Gasteiger partial charge >= 0.3 is 11.9 Å². The Morgan fingerprint density at radius 1 is 1.20 bits per heavy atom. The number of anilines is 2. The van der Waals surface area contributed by atoms with E-state index in [-0.39, 0.29) is 36.0 Å². The van der Waals surface area contributed by atoms with Gasteiger partial charge in [-0.05, 0) is 6.42 Å². The third kappa shape index (κ3) is 6.20. The summed E-state index contributed by atoms with van der Waals surface area (Å²) in [4.78, 5) is 60.6. The molecule has 0 fully saturated rings. The number of carboxylic acids is 2. The van der Waals surface area contributed by atoms with Gasteiger partial charge in [-0.1, -0.05) is 0 Å². The summed E-state index contributed by atoms with van der Waals surface area (Å²) in [7, 11) is 0. The number of nitrogens with two attached hydrogens (primary N) is 1. The monoisotopic (exact) mass is 440 g/mol. The molecule has 2 amide bonds. The predicted molar refractivity (Wildman–Crippen MR) is 107 cm³/mol. The Morgan fingerprint density at radius 3 is 2.57 bits per heavy atom. The fourth-order valence-corrected chi connectivity index (χ4v) is 2.61. The lowest BCUT2D eigenvalue weighted by molar-refractivity contribution is -0.138. The molecule has 0 saturated carbocycles. The van der Waals surface area contributed by atoms with Crippen molar-refractivity contribution in [3.05, 3.63) is 6.33 Å². The molecule has 14 nitrogen and oxygen atoms in total. The highest BCUT2D eigenvalue weighted by Gasteiger charge is 2.23. The first-order chi connectivity index (χ1) is 14.2. The van der Waals surface area contributed by atoms with Gasteiger partial charge in [0.1, 0.15) is 24.1 Å². The second kappa shape index (κ2) is 10.2. The van der Waals surface area contributed by atoms with Gasteiger partial charge in [-0.3, -0.25) is 14.4 Å². The standard InChI is InChI=1S/C15H20N8O6S/c16-11-10-12(19-5-18-10)23-15(22-11)21-6(14(28)29)1-2-8(24)20-7(4-30)13(27)17-3-9(25)26/h5-7,30H,1-4H2,(H,17,27)(H,20,24)(H,25,26)(H,28,29)(H4,16,18,19,21,22,23)/t6-,7-/m0/s1. The normalized spacial score (nSPS) is 12.7. The number of aliphatic carboxylic acids is 2. The first-order valence-electron chi connectivity index (χ1n) is 8.57. The van der Waals surface area contributed by atoms with Crippen molar-refractivity contribution in [1.82, 2.24) is 30.6 Å². The number of amides is 2. The van der Waals surface area contributed by atoms with Crippen LogP contribution in [0.5, 0.6) is 0 Å². The SMILES string of the molecule is Nc1nc(N[C@@H](CCC(=O)N[C@@H](CS)C(=O)NCC(=O)O)C(=O)O)nc2nc[nH]c12. The molecule has 30 heavy (non-hydrogen) atoms. The molecule has 8 N–H and O–H groups in total. The Morgan fingerprint density at radius 2 is 1.93 bits per heavy atom. The third-order valence-corrected chi connectivity index (χ3v) is 4.19. The first-order valence-corrected chi connectivity index (χ1v) is 9.20. The number of carbonyl (C=O) groups excluding carboxylic acids is 2. The molecule has 2 aromatic heterocycles. The van der Waals surface area contributed by atoms with E-state index in [2.05, 4.69) is 48.5 Å². The second-order valence-corrected chi connectivity index (χ2v) is 6.39. The van der Waals surface area contributed by atoms with Crippen molar-refractivity contribution >= 4 is 59.3 Å². The van der Waals surface area contributed by atoms with Gasteiger partial charge < -0.3 is 36.9 Å². The van der Waals surface area contributed by atoms with Crippen molar-refractivity contribution in [2.75, 3.05) is 23.3 Å². The summed E-state index contributed by atoms with van der Waals surface area (Å²) in [5, 5.41) is 25.0. The van der Waals surface area contributed by atoms with Gasteiger partial charge in [0.25, 0.3) is 0 Å². The van der Waals surface area contributed by atoms with Crippen LogP contribution in [0.3, 0.4) is 0 Å². The summed E-state index contributed by atoms with van der Waals surface area (Å²) < 4.78 is 0. The molecule has 2 aromatic rings. The molecule has 0 unspecified atom stereocenters. The fraction of sp³-hybridized carbons (Fsp3) is 0.400. The zero-order chi connectivity index (χ0) is 22.3. The van der Waals surface area contributed by atoms with Crippen LogP contribution in [0.15, 0.2) is 6.33 Å². The molecule has 162 valence electrons. The van der Waals surface area contributed by atoms with Gasteiger partial charge in [0.2, 0.25) is 17.8 Å². The quantitative estimate of drug-likeness (QED) is 0.182. The number of H-pyrrole nitrogens is 1. The predicted octanol–water partition coefficient (Wildman–Crippen LogP) is -1.80. The number of aromatic nitrogens is 4. The molecule has 0 aromatic carbocycles. The van der Waals surface area contributed by atoms with Crippen LogP contribution < -0.4 is 21.7 Å². The number of carbonyl (C=O) groups is 4. The minimum Gasteiger partial charge on any atom is -0.480 e. The third-order valence-electron chi connectivity index (χ3n) is 3.82. The topological polar surface area (TPSA) is 225 Å². The van der Waals surface area contributed by atoms with Gasteiger partial charge in [0.15, 0.2) is 11.5 Å². The summed E-state index contributed by atoms with van der Waals surface area (Å²) >= 11 is 3.95. The summed E-state index contributed by atoms with van der Waals surface area (Å²) in [6.07, 6.45) is 0.961. The number of thiol groups is 1. The highest BCUT2D eigenvalue weighted by Crippen LogP contribution is 2.16. The minimum atomic E-state index is -1.25. The molecule has 0 aliphatic carbocycles.